The van der Waals surface area contributed by atoms with E-state index in [-0.39, 0.29) is 49.2 Å². The minimum atomic E-state index is -0.502. The molecule has 8 rings (SSSR count). The zero-order chi connectivity index (χ0) is 37.0. The highest BCUT2D eigenvalue weighted by Gasteiger charge is 2.34. The standard InChI is InChI=1S/C42H40N8O4/c1-47-23-11-18-33(47)28-53-41-45-37-36(39(46-41)48-24-25-49(32(26-48)21-22-43)42(52)54-27-29-12-4-2-5-13-29)44-38(31-15-6-3-7-16-31)50(40(37)51)35-20-10-17-30-14-8-9-19-34(30)35/h2-10,12-17,19-20,32-33H,11,18,21,23-28H2,1H3/t32-,33?/m0/s1. The summed E-state index contributed by atoms with van der Waals surface area (Å²) in [6.07, 6.45) is 1.66. The third kappa shape index (κ3) is 6.93. The minimum Gasteiger partial charge on any atom is -0.462 e. The van der Waals surface area contributed by atoms with Gasteiger partial charge in [-0.05, 0) is 43.5 Å². The van der Waals surface area contributed by atoms with E-state index >= 15 is 4.79 Å². The van der Waals surface area contributed by atoms with Crippen LogP contribution in [0.3, 0.4) is 0 Å². The molecule has 1 amide bonds. The number of likely N-dealkylation sites (N-methyl/N-ethyl adjacent to an activating group) is 1. The fraction of sp³-hybridized carbons (Fsp3) is 0.286. The van der Waals surface area contributed by atoms with Crippen LogP contribution < -0.4 is 15.2 Å². The molecule has 272 valence electrons. The Morgan fingerprint density at radius 2 is 1.61 bits per heavy atom. The molecule has 4 aromatic carbocycles. The molecule has 2 aliphatic heterocycles. The van der Waals surface area contributed by atoms with Gasteiger partial charge in [0.2, 0.25) is 0 Å². The van der Waals surface area contributed by atoms with Gasteiger partial charge in [0.05, 0.1) is 24.2 Å². The highest BCUT2D eigenvalue weighted by Crippen LogP contribution is 2.32. The van der Waals surface area contributed by atoms with E-state index in [1.807, 2.05) is 108 Å². The van der Waals surface area contributed by atoms with Gasteiger partial charge in [-0.15, -0.1) is 0 Å². The lowest BCUT2D eigenvalue weighted by molar-refractivity contribution is 0.0768. The highest BCUT2D eigenvalue weighted by atomic mass is 16.6. The van der Waals surface area contributed by atoms with Crippen molar-refractivity contribution in [3.8, 4) is 29.2 Å². The van der Waals surface area contributed by atoms with Crippen molar-refractivity contribution in [1.82, 2.24) is 29.3 Å². The molecule has 0 radical (unpaired) electrons. The first-order chi connectivity index (χ1) is 26.5. The monoisotopic (exact) mass is 720 g/mol. The van der Waals surface area contributed by atoms with E-state index in [4.69, 9.17) is 24.4 Å². The second kappa shape index (κ2) is 15.3. The normalized spacial score (nSPS) is 17.5. The molecule has 2 aliphatic rings. The van der Waals surface area contributed by atoms with Crippen LogP contribution in [0.2, 0.25) is 0 Å². The SMILES string of the molecule is CN1CCCC1COc1nc(N2CCN(C(=O)OCc3ccccc3)[C@@H](CC#N)C2)c2nc(-c3ccccc3)n(-c3cccc4ccccc34)c(=O)c2n1. The molecular weight excluding hydrogens is 681 g/mol. The lowest BCUT2D eigenvalue weighted by Crippen LogP contribution is -2.55. The highest BCUT2D eigenvalue weighted by molar-refractivity contribution is 5.93. The molecule has 2 saturated heterocycles. The number of carbonyl (C=O) groups excluding carboxylic acids is 1. The van der Waals surface area contributed by atoms with Crippen LogP contribution in [0, 0.1) is 11.3 Å². The fourth-order valence-electron chi connectivity index (χ4n) is 7.46. The average Bonchev–Trinajstić information content (AvgIpc) is 3.63. The molecule has 12 nitrogen and oxygen atoms in total. The van der Waals surface area contributed by atoms with E-state index in [0.29, 0.717) is 36.0 Å². The van der Waals surface area contributed by atoms with Crippen molar-refractivity contribution >= 4 is 33.7 Å². The van der Waals surface area contributed by atoms with E-state index in [1.165, 1.54) is 0 Å². The predicted molar refractivity (Wildman–Crippen MR) is 207 cm³/mol. The van der Waals surface area contributed by atoms with Crippen LogP contribution in [0.4, 0.5) is 10.6 Å². The third-order valence-corrected chi connectivity index (χ3v) is 10.3. The summed E-state index contributed by atoms with van der Waals surface area (Å²) in [6.45, 7) is 2.37. The van der Waals surface area contributed by atoms with E-state index in [1.54, 1.807) is 9.47 Å². The molecular formula is C42H40N8O4. The first-order valence-corrected chi connectivity index (χ1v) is 18.3. The summed E-state index contributed by atoms with van der Waals surface area (Å²) in [5.41, 5.74) is 2.37. The van der Waals surface area contributed by atoms with Gasteiger partial charge in [0.15, 0.2) is 11.3 Å². The number of aromatic nitrogens is 4. The third-order valence-electron chi connectivity index (χ3n) is 10.3. The quantitative estimate of drug-likeness (QED) is 0.170. The van der Waals surface area contributed by atoms with Gasteiger partial charge in [-0.3, -0.25) is 9.36 Å². The molecule has 12 heteroatoms. The zero-order valence-electron chi connectivity index (χ0n) is 30.0. The molecule has 1 unspecified atom stereocenters. The lowest BCUT2D eigenvalue weighted by Gasteiger charge is -2.40. The molecule has 0 bridgehead atoms. The Hall–Kier alpha value is -6.32. The number of nitrogens with zero attached hydrogens (tertiary/aromatic N) is 8. The fourth-order valence-corrected chi connectivity index (χ4v) is 7.46. The number of fused-ring (bicyclic) bond motifs is 2. The number of benzene rings is 4. The smallest absolute Gasteiger partial charge is 0.410 e. The number of piperazine rings is 1. The van der Waals surface area contributed by atoms with E-state index < -0.39 is 12.1 Å². The van der Waals surface area contributed by atoms with Crippen molar-refractivity contribution in [3.63, 3.8) is 0 Å². The summed E-state index contributed by atoms with van der Waals surface area (Å²) in [6, 6.07) is 34.9. The van der Waals surface area contributed by atoms with Crippen LogP contribution >= 0.6 is 0 Å². The van der Waals surface area contributed by atoms with Gasteiger partial charge in [-0.25, -0.2) is 9.78 Å². The summed E-state index contributed by atoms with van der Waals surface area (Å²) in [5, 5.41) is 11.7. The first-order valence-electron chi connectivity index (χ1n) is 18.3. The van der Waals surface area contributed by atoms with Gasteiger partial charge in [0.1, 0.15) is 24.6 Å². The number of likely N-dealkylation sites (tertiary alicyclic amines) is 1. The Balaban J connectivity index is 1.24. The van der Waals surface area contributed by atoms with Crippen LogP contribution in [0.1, 0.15) is 24.8 Å². The number of nitriles is 1. The number of rotatable bonds is 9. The van der Waals surface area contributed by atoms with Crippen molar-refractivity contribution < 1.29 is 14.3 Å². The number of ether oxygens (including phenoxy) is 2. The number of anilines is 1. The van der Waals surface area contributed by atoms with Crippen molar-refractivity contribution in [2.24, 2.45) is 0 Å². The predicted octanol–water partition coefficient (Wildman–Crippen LogP) is 6.21. The molecule has 0 saturated carbocycles. The second-order valence-corrected chi connectivity index (χ2v) is 13.8. The van der Waals surface area contributed by atoms with Crippen LogP contribution in [0.25, 0.3) is 38.9 Å². The van der Waals surface area contributed by atoms with Gasteiger partial charge in [0.25, 0.3) is 5.56 Å². The Bertz CT molecular complexity index is 2390. The van der Waals surface area contributed by atoms with Gasteiger partial charge >= 0.3 is 12.1 Å². The van der Waals surface area contributed by atoms with Crippen LogP contribution in [0.5, 0.6) is 6.01 Å². The van der Waals surface area contributed by atoms with Crippen LogP contribution in [0.15, 0.2) is 108 Å². The Morgan fingerprint density at radius 1 is 0.852 bits per heavy atom. The summed E-state index contributed by atoms with van der Waals surface area (Å²) >= 11 is 0. The molecule has 0 N–H and O–H groups in total. The van der Waals surface area contributed by atoms with Gasteiger partial charge in [0, 0.05) is 36.6 Å². The van der Waals surface area contributed by atoms with Crippen molar-refractivity contribution in [2.45, 2.75) is 38.0 Å². The maximum absolute atomic E-state index is 15.0. The maximum Gasteiger partial charge on any atom is 0.410 e. The molecule has 0 spiro atoms. The maximum atomic E-state index is 15.0. The van der Waals surface area contributed by atoms with E-state index in [9.17, 15) is 10.1 Å². The zero-order valence-corrected chi connectivity index (χ0v) is 30.0. The Morgan fingerprint density at radius 3 is 2.39 bits per heavy atom. The van der Waals surface area contributed by atoms with Crippen molar-refractivity contribution in [2.75, 3.05) is 44.7 Å². The van der Waals surface area contributed by atoms with Crippen LogP contribution in [-0.4, -0.2) is 87.3 Å². The molecule has 2 fully saturated rings. The number of hydrogen-bond acceptors (Lipinski definition) is 10. The van der Waals surface area contributed by atoms with E-state index in [2.05, 4.69) is 18.0 Å². The number of amides is 1. The van der Waals surface area contributed by atoms with Gasteiger partial charge in [-0.1, -0.05) is 97.1 Å². The molecule has 2 atom stereocenters. The number of hydrogen-bond donors (Lipinski definition) is 0. The largest absolute Gasteiger partial charge is 0.462 e. The lowest BCUT2D eigenvalue weighted by atomic mass is 10.1. The average molecular weight is 721 g/mol. The van der Waals surface area contributed by atoms with Crippen molar-refractivity contribution in [1.29, 1.82) is 5.26 Å². The topological polar surface area (TPSA) is 130 Å². The summed E-state index contributed by atoms with van der Waals surface area (Å²) in [7, 11) is 2.07. The van der Waals surface area contributed by atoms with Crippen LogP contribution in [-0.2, 0) is 11.3 Å². The molecule has 4 heterocycles. The summed E-state index contributed by atoms with van der Waals surface area (Å²) in [5.74, 6) is 0.849. The summed E-state index contributed by atoms with van der Waals surface area (Å²) in [4.78, 5) is 49.1. The van der Waals surface area contributed by atoms with Gasteiger partial charge in [-0.2, -0.15) is 15.2 Å². The Labute approximate surface area is 312 Å². The number of carbonyl (C=O) groups is 1. The van der Waals surface area contributed by atoms with Crippen molar-refractivity contribution in [3.05, 3.63) is 119 Å². The summed E-state index contributed by atoms with van der Waals surface area (Å²) < 4.78 is 13.6. The first kappa shape index (κ1) is 34.7. The molecule has 54 heavy (non-hydrogen) atoms. The molecule has 0 aliphatic carbocycles. The second-order valence-electron chi connectivity index (χ2n) is 13.8. The van der Waals surface area contributed by atoms with E-state index in [0.717, 1.165) is 41.3 Å². The Kier molecular flexibility index (Phi) is 9.87. The van der Waals surface area contributed by atoms with Gasteiger partial charge < -0.3 is 24.2 Å². The minimum absolute atomic E-state index is 0.0773. The molecule has 6 aromatic rings. The molecule has 2 aromatic heterocycles.